The summed E-state index contributed by atoms with van der Waals surface area (Å²) in [5.41, 5.74) is 6.00. The van der Waals surface area contributed by atoms with Gasteiger partial charge in [-0.15, -0.1) is 0 Å². The van der Waals surface area contributed by atoms with E-state index in [1.165, 1.54) is 33.6 Å². The Morgan fingerprint density at radius 1 is 1.00 bits per heavy atom. The summed E-state index contributed by atoms with van der Waals surface area (Å²) in [6, 6.07) is 15.1. The van der Waals surface area contributed by atoms with Crippen molar-refractivity contribution in [1.82, 2.24) is 4.72 Å². The summed E-state index contributed by atoms with van der Waals surface area (Å²) in [5.74, 6) is 0. The summed E-state index contributed by atoms with van der Waals surface area (Å²) >= 11 is 1.63. The van der Waals surface area contributed by atoms with Crippen LogP contribution in [0.25, 0.3) is 16.8 Å². The van der Waals surface area contributed by atoms with E-state index >= 15 is 0 Å². The van der Waals surface area contributed by atoms with Gasteiger partial charge in [0.2, 0.25) is 0 Å². The van der Waals surface area contributed by atoms with Crippen molar-refractivity contribution in [2.45, 2.75) is 32.1 Å². The predicted molar refractivity (Wildman–Crippen MR) is 90.6 cm³/mol. The number of hydrogen-bond donors (Lipinski definition) is 1. The van der Waals surface area contributed by atoms with E-state index in [1.807, 2.05) is 0 Å². The molecule has 0 bridgehead atoms. The van der Waals surface area contributed by atoms with Crippen molar-refractivity contribution >= 4 is 17.6 Å². The van der Waals surface area contributed by atoms with Gasteiger partial charge in [-0.2, -0.15) is 0 Å². The van der Waals surface area contributed by atoms with Gasteiger partial charge in [-0.1, -0.05) is 62.7 Å². The molecule has 2 heteroatoms. The number of rotatable bonds is 1. The summed E-state index contributed by atoms with van der Waals surface area (Å²) < 4.78 is 3.19. The molecule has 0 atom stereocenters. The molecule has 0 fully saturated rings. The molecule has 1 heterocycles. The Hall–Kier alpha value is -1.67. The van der Waals surface area contributed by atoms with Crippen LogP contribution in [-0.2, 0) is 0 Å². The van der Waals surface area contributed by atoms with Gasteiger partial charge < -0.3 is 4.72 Å². The monoisotopic (exact) mass is 283 g/mol. The molecular weight excluding hydrogens is 262 g/mol. The van der Waals surface area contributed by atoms with E-state index in [4.69, 9.17) is 0 Å². The highest BCUT2D eigenvalue weighted by molar-refractivity contribution is 7.98. The lowest BCUT2D eigenvalue weighted by Crippen LogP contribution is -1.90. The first-order valence-electron chi connectivity index (χ1n) is 6.99. The van der Waals surface area contributed by atoms with Crippen LogP contribution in [0.15, 0.2) is 53.9 Å². The number of benzene rings is 2. The molecule has 0 aliphatic carbocycles. The van der Waals surface area contributed by atoms with Gasteiger partial charge in [0, 0.05) is 16.2 Å². The highest BCUT2D eigenvalue weighted by Gasteiger charge is 2.15. The van der Waals surface area contributed by atoms with E-state index in [1.54, 1.807) is 11.9 Å². The van der Waals surface area contributed by atoms with E-state index < -0.39 is 0 Å². The van der Waals surface area contributed by atoms with Crippen LogP contribution in [0.2, 0.25) is 0 Å². The predicted octanol–water partition coefficient (Wildman–Crippen LogP) is 5.66. The van der Waals surface area contributed by atoms with Crippen molar-refractivity contribution in [2.75, 3.05) is 0 Å². The molecule has 0 amide bonds. The standard InChI is InChI=1S/C15H13NS.C3H8/c1-10-3-5-12(6-4-10)13-7-8-15-14(9-13)11(2)16-17-15;1-3-2/h3-9,16H,2H2,1H3;3H2,1-2H3. The van der Waals surface area contributed by atoms with E-state index in [9.17, 15) is 0 Å². The second-order valence-electron chi connectivity index (χ2n) is 4.97. The van der Waals surface area contributed by atoms with Gasteiger partial charge in [0.05, 0.1) is 0 Å². The fraction of sp³-hybridized carbons (Fsp3) is 0.222. The lowest BCUT2D eigenvalue weighted by Gasteiger charge is -2.05. The van der Waals surface area contributed by atoms with Gasteiger partial charge >= 0.3 is 0 Å². The molecule has 1 aliphatic rings. The number of fused-ring (bicyclic) bond motifs is 1. The molecule has 20 heavy (non-hydrogen) atoms. The van der Waals surface area contributed by atoms with Gasteiger partial charge in [0.1, 0.15) is 0 Å². The van der Waals surface area contributed by atoms with Crippen LogP contribution < -0.4 is 4.72 Å². The zero-order valence-corrected chi connectivity index (χ0v) is 13.2. The van der Waals surface area contributed by atoms with Crippen LogP contribution in [0.1, 0.15) is 31.4 Å². The first-order valence-corrected chi connectivity index (χ1v) is 7.80. The first kappa shape index (κ1) is 14.7. The fourth-order valence-electron chi connectivity index (χ4n) is 1.95. The van der Waals surface area contributed by atoms with Crippen molar-refractivity contribution in [2.24, 2.45) is 0 Å². The molecule has 1 N–H and O–H groups in total. The maximum absolute atomic E-state index is 4.01. The zero-order valence-electron chi connectivity index (χ0n) is 12.4. The van der Waals surface area contributed by atoms with Crippen molar-refractivity contribution in [3.05, 3.63) is 60.2 Å². The third-order valence-electron chi connectivity index (χ3n) is 2.97. The molecule has 2 aromatic rings. The normalized spacial score (nSPS) is 12.2. The van der Waals surface area contributed by atoms with Gasteiger partial charge in [-0.25, -0.2) is 0 Å². The quantitative estimate of drug-likeness (QED) is 0.678. The Labute approximate surface area is 126 Å². The van der Waals surface area contributed by atoms with Crippen LogP contribution in [0, 0.1) is 6.92 Å². The molecule has 3 rings (SSSR count). The van der Waals surface area contributed by atoms with Crippen LogP contribution in [0.5, 0.6) is 0 Å². The molecule has 1 nitrogen and oxygen atoms in total. The van der Waals surface area contributed by atoms with Gasteiger partial charge in [-0.3, -0.25) is 0 Å². The van der Waals surface area contributed by atoms with E-state index in [-0.39, 0.29) is 0 Å². The molecule has 0 aromatic heterocycles. The number of nitrogens with one attached hydrogen (secondary N) is 1. The molecule has 0 saturated heterocycles. The Morgan fingerprint density at radius 2 is 1.60 bits per heavy atom. The number of aryl methyl sites for hydroxylation is 1. The van der Waals surface area contributed by atoms with Crippen molar-refractivity contribution < 1.29 is 0 Å². The van der Waals surface area contributed by atoms with Crippen LogP contribution >= 0.6 is 11.9 Å². The summed E-state index contributed by atoms with van der Waals surface area (Å²) in [4.78, 5) is 1.26. The molecule has 2 aromatic carbocycles. The van der Waals surface area contributed by atoms with E-state index in [0.717, 1.165) is 5.70 Å². The molecule has 1 aliphatic heterocycles. The number of hydrogen-bond acceptors (Lipinski definition) is 2. The minimum absolute atomic E-state index is 0.999. The lowest BCUT2D eigenvalue weighted by atomic mass is 10.0. The summed E-state index contributed by atoms with van der Waals surface area (Å²) in [6.45, 7) is 10.4. The molecular formula is C18H21NS. The SMILES string of the molecule is C=C1NSc2ccc(-c3ccc(C)cc3)cc21.CCC. The van der Waals surface area contributed by atoms with Gasteiger partial charge in [0.25, 0.3) is 0 Å². The highest BCUT2D eigenvalue weighted by Crippen LogP contribution is 2.36. The van der Waals surface area contributed by atoms with Crippen molar-refractivity contribution in [3.63, 3.8) is 0 Å². The van der Waals surface area contributed by atoms with Gasteiger partial charge in [-0.05, 0) is 42.1 Å². The van der Waals surface area contributed by atoms with E-state index in [2.05, 4.69) is 74.5 Å². The average Bonchev–Trinajstić information content (AvgIpc) is 2.82. The second-order valence-corrected chi connectivity index (χ2v) is 5.81. The third-order valence-corrected chi connectivity index (χ3v) is 3.90. The molecule has 0 saturated carbocycles. The third kappa shape index (κ3) is 3.26. The van der Waals surface area contributed by atoms with E-state index in [0.29, 0.717) is 0 Å². The summed E-state index contributed by atoms with van der Waals surface area (Å²) in [7, 11) is 0. The lowest BCUT2D eigenvalue weighted by molar-refractivity contribution is 1.09. The van der Waals surface area contributed by atoms with Crippen molar-refractivity contribution in [3.8, 4) is 11.1 Å². The zero-order chi connectivity index (χ0) is 14.5. The molecule has 104 valence electrons. The largest absolute Gasteiger partial charge is 0.326 e. The molecule has 0 spiro atoms. The molecule has 0 radical (unpaired) electrons. The Kier molecular flexibility index (Phi) is 4.91. The summed E-state index contributed by atoms with van der Waals surface area (Å²) in [5, 5.41) is 0. The minimum Gasteiger partial charge on any atom is -0.326 e. The minimum atomic E-state index is 0.999. The Balaban J connectivity index is 0.000000452. The fourth-order valence-corrected chi connectivity index (χ4v) is 2.72. The van der Waals surface area contributed by atoms with Crippen LogP contribution in [-0.4, -0.2) is 0 Å². The topological polar surface area (TPSA) is 12.0 Å². The average molecular weight is 283 g/mol. The van der Waals surface area contributed by atoms with Crippen LogP contribution in [0.4, 0.5) is 0 Å². The van der Waals surface area contributed by atoms with Crippen molar-refractivity contribution in [1.29, 1.82) is 0 Å². The smallest absolute Gasteiger partial charge is 0.0455 e. The highest BCUT2D eigenvalue weighted by atomic mass is 32.2. The maximum atomic E-state index is 4.01. The van der Waals surface area contributed by atoms with Crippen LogP contribution in [0.3, 0.4) is 0 Å². The first-order chi connectivity index (χ1) is 9.65. The second kappa shape index (κ2) is 6.67. The maximum Gasteiger partial charge on any atom is 0.0455 e. The molecule has 0 unspecified atom stereocenters. The summed E-state index contributed by atoms with van der Waals surface area (Å²) in [6.07, 6.45) is 1.25. The Bertz CT molecular complexity index is 599. The van der Waals surface area contributed by atoms with Gasteiger partial charge in [0.15, 0.2) is 0 Å². The Morgan fingerprint density at radius 3 is 2.25 bits per heavy atom.